The Kier molecular flexibility index (Phi) is 4.53. The average Bonchev–Trinajstić information content (AvgIpc) is 2.58. The van der Waals surface area contributed by atoms with Crippen LogP contribution in [0.4, 0.5) is 5.69 Å². The second-order valence-corrected chi connectivity index (χ2v) is 9.45. The number of Topliss-reactive ketones (excluding diaryl/α,β-unsaturated/α-hetero) is 1. The highest BCUT2D eigenvalue weighted by Gasteiger charge is 2.60. The van der Waals surface area contributed by atoms with Crippen LogP contribution in [-0.2, 0) is 14.3 Å². The lowest BCUT2D eigenvalue weighted by Crippen LogP contribution is -2.56. The molecule has 1 amide bonds. The lowest BCUT2D eigenvalue weighted by Gasteiger charge is -2.58. The van der Waals surface area contributed by atoms with Crippen molar-refractivity contribution in [2.24, 2.45) is 17.3 Å². The molecule has 4 fully saturated rings. The first-order valence-electron chi connectivity index (χ1n) is 9.54. The van der Waals surface area contributed by atoms with E-state index in [0.717, 1.165) is 25.7 Å². The number of ether oxygens (including phenoxy) is 1. The third-order valence-corrected chi connectivity index (χ3v) is 6.77. The molecule has 0 aromatic heterocycles. The molecule has 0 saturated heterocycles. The van der Waals surface area contributed by atoms with Crippen LogP contribution in [0.3, 0.4) is 0 Å². The van der Waals surface area contributed by atoms with E-state index in [2.05, 4.69) is 5.32 Å². The van der Waals surface area contributed by atoms with Crippen molar-refractivity contribution in [2.45, 2.75) is 50.3 Å². The second kappa shape index (κ2) is 6.62. The predicted octanol–water partition coefficient (Wildman–Crippen LogP) is 3.95. The number of anilines is 1. The molecule has 4 aliphatic rings. The molecule has 0 heterocycles. The molecule has 1 N–H and O–H groups in total. The summed E-state index contributed by atoms with van der Waals surface area (Å²) in [7, 11) is 0. The molecule has 144 valence electrons. The molecule has 4 aliphatic carbocycles. The zero-order chi connectivity index (χ0) is 19.2. The van der Waals surface area contributed by atoms with Gasteiger partial charge in [0.25, 0.3) is 5.91 Å². The monoisotopic (exact) mass is 389 g/mol. The van der Waals surface area contributed by atoms with Gasteiger partial charge in [-0.25, -0.2) is 0 Å². The van der Waals surface area contributed by atoms with Crippen molar-refractivity contribution >= 4 is 34.9 Å². The minimum Gasteiger partial charge on any atom is -0.455 e. The van der Waals surface area contributed by atoms with Crippen molar-refractivity contribution in [3.8, 4) is 0 Å². The number of rotatable bonds is 5. The summed E-state index contributed by atoms with van der Waals surface area (Å²) in [4.78, 5) is 36.0. The van der Waals surface area contributed by atoms with E-state index >= 15 is 0 Å². The molecule has 6 heteroatoms. The largest absolute Gasteiger partial charge is 0.455 e. The van der Waals surface area contributed by atoms with Crippen LogP contribution >= 0.6 is 11.6 Å². The van der Waals surface area contributed by atoms with E-state index in [4.69, 9.17) is 16.3 Å². The number of benzene rings is 1. The third-order valence-electron chi connectivity index (χ3n) is 6.33. The summed E-state index contributed by atoms with van der Waals surface area (Å²) in [6.07, 6.45) is 5.51. The number of carbonyl (C=O) groups excluding carboxylic acids is 3. The zero-order valence-electron chi connectivity index (χ0n) is 15.4. The molecule has 0 spiro atoms. The van der Waals surface area contributed by atoms with E-state index in [1.165, 1.54) is 13.3 Å². The van der Waals surface area contributed by atoms with E-state index in [9.17, 15) is 14.4 Å². The van der Waals surface area contributed by atoms with Gasteiger partial charge in [-0.15, -0.1) is 11.6 Å². The summed E-state index contributed by atoms with van der Waals surface area (Å²) in [5.74, 6) is 0.317. The summed E-state index contributed by atoms with van der Waals surface area (Å²) in [5.41, 5.74) is 0.640. The first kappa shape index (κ1) is 18.5. The standard InChI is InChI=1S/C21H24ClNO4/c1-13(24)16-2-4-17(5-3-16)23-18(25)11-27-19(26)20-7-14-6-15(8-20)10-21(22,9-14)12-20/h2-5,14-15H,6-12H2,1H3,(H,23,25). The first-order chi connectivity index (χ1) is 12.8. The average molecular weight is 390 g/mol. The van der Waals surface area contributed by atoms with Gasteiger partial charge < -0.3 is 10.1 Å². The van der Waals surface area contributed by atoms with Crippen LogP contribution in [0.15, 0.2) is 24.3 Å². The minimum absolute atomic E-state index is 0.0329. The molecule has 4 bridgehead atoms. The fourth-order valence-corrected chi connectivity index (χ4v) is 6.35. The van der Waals surface area contributed by atoms with Gasteiger partial charge in [-0.1, -0.05) is 0 Å². The minimum atomic E-state index is -0.505. The second-order valence-electron chi connectivity index (χ2n) is 8.65. The van der Waals surface area contributed by atoms with Crippen LogP contribution in [0.1, 0.15) is 55.8 Å². The molecule has 2 unspecified atom stereocenters. The zero-order valence-corrected chi connectivity index (χ0v) is 16.2. The fourth-order valence-electron chi connectivity index (χ4n) is 5.66. The first-order valence-corrected chi connectivity index (χ1v) is 9.92. The molecule has 1 aromatic rings. The Balaban J connectivity index is 1.34. The van der Waals surface area contributed by atoms with Crippen molar-refractivity contribution in [2.75, 3.05) is 11.9 Å². The Hall–Kier alpha value is -1.88. The van der Waals surface area contributed by atoms with Gasteiger partial charge in [0.1, 0.15) is 0 Å². The number of halogens is 1. The Morgan fingerprint density at radius 2 is 1.74 bits per heavy atom. The summed E-state index contributed by atoms with van der Waals surface area (Å²) < 4.78 is 5.40. The van der Waals surface area contributed by atoms with E-state index in [-0.39, 0.29) is 29.1 Å². The summed E-state index contributed by atoms with van der Waals surface area (Å²) in [6, 6.07) is 6.62. The van der Waals surface area contributed by atoms with Crippen LogP contribution in [0.25, 0.3) is 0 Å². The summed E-state index contributed by atoms with van der Waals surface area (Å²) in [6.45, 7) is 1.18. The fraction of sp³-hybridized carbons (Fsp3) is 0.571. The Morgan fingerprint density at radius 3 is 2.30 bits per heavy atom. The molecule has 1 aromatic carbocycles. The predicted molar refractivity (Wildman–Crippen MR) is 102 cm³/mol. The maximum absolute atomic E-state index is 12.8. The number of hydrogen-bond acceptors (Lipinski definition) is 4. The number of amides is 1. The Bertz CT molecular complexity index is 774. The van der Waals surface area contributed by atoms with Crippen molar-refractivity contribution in [3.63, 3.8) is 0 Å². The van der Waals surface area contributed by atoms with Gasteiger partial charge in [0, 0.05) is 16.1 Å². The molecule has 5 nitrogen and oxygen atoms in total. The topological polar surface area (TPSA) is 72.5 Å². The Labute approximate surface area is 163 Å². The van der Waals surface area contributed by atoms with Gasteiger partial charge in [-0.3, -0.25) is 14.4 Å². The Morgan fingerprint density at radius 1 is 1.11 bits per heavy atom. The number of ketones is 1. The van der Waals surface area contributed by atoms with E-state index in [1.54, 1.807) is 24.3 Å². The molecule has 27 heavy (non-hydrogen) atoms. The number of esters is 1. The maximum Gasteiger partial charge on any atom is 0.312 e. The van der Waals surface area contributed by atoms with Crippen LogP contribution in [0, 0.1) is 17.3 Å². The van der Waals surface area contributed by atoms with Crippen LogP contribution in [0.2, 0.25) is 0 Å². The molecule has 0 radical (unpaired) electrons. The molecular weight excluding hydrogens is 366 g/mol. The van der Waals surface area contributed by atoms with Gasteiger partial charge in [0.15, 0.2) is 12.4 Å². The quantitative estimate of drug-likeness (QED) is 0.470. The van der Waals surface area contributed by atoms with E-state index in [0.29, 0.717) is 29.5 Å². The summed E-state index contributed by atoms with van der Waals surface area (Å²) in [5, 5.41) is 2.69. The van der Waals surface area contributed by atoms with Crippen LogP contribution < -0.4 is 5.32 Å². The summed E-state index contributed by atoms with van der Waals surface area (Å²) >= 11 is 6.76. The van der Waals surface area contributed by atoms with Gasteiger partial charge in [0.2, 0.25) is 0 Å². The highest BCUT2D eigenvalue weighted by atomic mass is 35.5. The van der Waals surface area contributed by atoms with Gasteiger partial charge in [-0.05, 0) is 81.5 Å². The van der Waals surface area contributed by atoms with Crippen molar-refractivity contribution < 1.29 is 19.1 Å². The third kappa shape index (κ3) is 3.62. The van der Waals surface area contributed by atoms with Gasteiger partial charge >= 0.3 is 5.97 Å². The van der Waals surface area contributed by atoms with Crippen molar-refractivity contribution in [3.05, 3.63) is 29.8 Å². The molecular formula is C21H24ClNO4. The smallest absolute Gasteiger partial charge is 0.312 e. The SMILES string of the molecule is CC(=O)c1ccc(NC(=O)COC(=O)C23CC4CC(CC(Cl)(C4)C2)C3)cc1. The normalized spacial score (nSPS) is 33.6. The number of alkyl halides is 1. The number of carbonyl (C=O) groups is 3. The lowest BCUT2D eigenvalue weighted by atomic mass is 9.49. The van der Waals surface area contributed by atoms with Crippen LogP contribution in [-0.4, -0.2) is 29.1 Å². The molecule has 2 atom stereocenters. The highest BCUT2D eigenvalue weighted by molar-refractivity contribution is 6.24. The van der Waals surface area contributed by atoms with Gasteiger partial charge in [-0.2, -0.15) is 0 Å². The van der Waals surface area contributed by atoms with E-state index < -0.39 is 5.41 Å². The molecule has 0 aliphatic heterocycles. The lowest BCUT2D eigenvalue weighted by molar-refractivity contribution is -0.171. The number of nitrogens with one attached hydrogen (secondary N) is 1. The van der Waals surface area contributed by atoms with Gasteiger partial charge in [0.05, 0.1) is 5.41 Å². The highest BCUT2D eigenvalue weighted by Crippen LogP contribution is 2.64. The maximum atomic E-state index is 12.8. The molecule has 5 rings (SSSR count). The van der Waals surface area contributed by atoms with Crippen molar-refractivity contribution in [1.82, 2.24) is 0 Å². The molecule has 4 saturated carbocycles. The number of hydrogen-bond donors (Lipinski definition) is 1. The van der Waals surface area contributed by atoms with Crippen LogP contribution in [0.5, 0.6) is 0 Å². The van der Waals surface area contributed by atoms with Crippen molar-refractivity contribution in [1.29, 1.82) is 0 Å². The van der Waals surface area contributed by atoms with E-state index in [1.807, 2.05) is 0 Å².